The minimum Gasteiger partial charge on any atom is -0.478 e. The van der Waals surface area contributed by atoms with E-state index >= 15 is 0 Å². The fourth-order valence-corrected chi connectivity index (χ4v) is 1.81. The minimum absolute atomic E-state index is 0.0964. The summed E-state index contributed by atoms with van der Waals surface area (Å²) in [6, 6.07) is 3.29. The lowest BCUT2D eigenvalue weighted by molar-refractivity contribution is 0.0690. The lowest BCUT2D eigenvalue weighted by Crippen LogP contribution is -2.28. The average molecular weight is 274 g/mol. The van der Waals surface area contributed by atoms with E-state index in [9.17, 15) is 9.59 Å². The zero-order valence-electron chi connectivity index (χ0n) is 11.1. The Morgan fingerprint density at radius 1 is 1.35 bits per heavy atom. The maximum absolute atomic E-state index is 12.1. The number of rotatable bonds is 4. The third-order valence-electron chi connectivity index (χ3n) is 2.83. The van der Waals surface area contributed by atoms with Crippen LogP contribution in [0.1, 0.15) is 39.4 Å². The molecule has 2 N–H and O–H groups in total. The molecule has 20 heavy (non-hydrogen) atoms. The number of nitrogens with zero attached hydrogens (tertiary/aromatic N) is 3. The molecule has 0 aliphatic rings. The van der Waals surface area contributed by atoms with Crippen LogP contribution in [-0.4, -0.2) is 31.7 Å². The molecule has 1 atom stereocenters. The van der Waals surface area contributed by atoms with Crippen LogP contribution in [-0.2, 0) is 7.05 Å². The van der Waals surface area contributed by atoms with Gasteiger partial charge < -0.3 is 10.4 Å². The molecule has 0 aliphatic heterocycles. The van der Waals surface area contributed by atoms with Crippen LogP contribution in [0.2, 0.25) is 0 Å². The Kier molecular flexibility index (Phi) is 3.79. The minimum atomic E-state index is -1.18. The van der Waals surface area contributed by atoms with Crippen LogP contribution in [0.15, 0.2) is 30.7 Å². The van der Waals surface area contributed by atoms with Crippen LogP contribution in [0, 0.1) is 0 Å². The van der Waals surface area contributed by atoms with Crippen molar-refractivity contribution in [3.8, 4) is 0 Å². The summed E-state index contributed by atoms with van der Waals surface area (Å²) in [7, 11) is 1.56. The van der Waals surface area contributed by atoms with Crippen LogP contribution in [0.5, 0.6) is 0 Å². The normalized spacial score (nSPS) is 11.9. The van der Waals surface area contributed by atoms with E-state index in [1.165, 1.54) is 10.9 Å². The summed E-state index contributed by atoms with van der Waals surface area (Å²) < 4.78 is 1.30. The van der Waals surface area contributed by atoms with E-state index < -0.39 is 11.9 Å². The summed E-state index contributed by atoms with van der Waals surface area (Å²) in [4.78, 5) is 27.1. The third kappa shape index (κ3) is 2.82. The monoisotopic (exact) mass is 274 g/mol. The van der Waals surface area contributed by atoms with Crippen molar-refractivity contribution >= 4 is 11.9 Å². The first-order valence-electron chi connectivity index (χ1n) is 5.96. The van der Waals surface area contributed by atoms with Crippen molar-refractivity contribution < 1.29 is 14.7 Å². The maximum Gasteiger partial charge on any atom is 0.339 e. The highest BCUT2D eigenvalue weighted by atomic mass is 16.4. The molecule has 0 radical (unpaired) electrons. The number of aromatic nitrogens is 3. The fourth-order valence-electron chi connectivity index (χ4n) is 1.81. The first kappa shape index (κ1) is 13.7. The van der Waals surface area contributed by atoms with Gasteiger partial charge in [0.1, 0.15) is 5.56 Å². The largest absolute Gasteiger partial charge is 0.478 e. The van der Waals surface area contributed by atoms with Crippen LogP contribution < -0.4 is 5.32 Å². The van der Waals surface area contributed by atoms with Crippen molar-refractivity contribution in [3.05, 3.63) is 47.5 Å². The Labute approximate surface area is 115 Å². The summed E-state index contributed by atoms with van der Waals surface area (Å²) in [5.74, 6) is -1.70. The van der Waals surface area contributed by atoms with Gasteiger partial charge in [-0.25, -0.2) is 4.79 Å². The number of carbonyl (C=O) groups excluding carboxylic acids is 1. The van der Waals surface area contributed by atoms with Crippen LogP contribution >= 0.6 is 0 Å². The van der Waals surface area contributed by atoms with E-state index in [-0.39, 0.29) is 17.3 Å². The SMILES string of the molecule is C[C@H](NC(=O)c1nn(C)cc1C(=O)O)c1ccncc1. The number of hydrogen-bond acceptors (Lipinski definition) is 4. The van der Waals surface area contributed by atoms with Crippen LogP contribution in [0.25, 0.3) is 0 Å². The predicted octanol–water partition coefficient (Wildman–Crippen LogP) is 1.00. The Morgan fingerprint density at radius 3 is 2.60 bits per heavy atom. The third-order valence-corrected chi connectivity index (χ3v) is 2.83. The van der Waals surface area contributed by atoms with Crippen molar-refractivity contribution in [1.82, 2.24) is 20.1 Å². The van der Waals surface area contributed by atoms with Gasteiger partial charge in [-0.2, -0.15) is 5.10 Å². The van der Waals surface area contributed by atoms with Crippen molar-refractivity contribution in [2.45, 2.75) is 13.0 Å². The number of pyridine rings is 1. The van der Waals surface area contributed by atoms with E-state index in [1.54, 1.807) is 38.5 Å². The molecule has 1 amide bonds. The van der Waals surface area contributed by atoms with E-state index in [0.717, 1.165) is 5.56 Å². The number of carboxylic acid groups (broad SMARTS) is 1. The Bertz CT molecular complexity index is 636. The van der Waals surface area contributed by atoms with Crippen molar-refractivity contribution in [1.29, 1.82) is 0 Å². The molecule has 0 fully saturated rings. The van der Waals surface area contributed by atoms with Gasteiger partial charge in [0.2, 0.25) is 0 Å². The molecule has 0 bridgehead atoms. The van der Waals surface area contributed by atoms with E-state index in [0.29, 0.717) is 0 Å². The van der Waals surface area contributed by atoms with E-state index in [4.69, 9.17) is 5.11 Å². The number of nitrogens with one attached hydrogen (secondary N) is 1. The van der Waals surface area contributed by atoms with Gasteiger partial charge in [-0.1, -0.05) is 0 Å². The van der Waals surface area contributed by atoms with Crippen molar-refractivity contribution in [2.24, 2.45) is 7.05 Å². The molecule has 7 heteroatoms. The van der Waals surface area contributed by atoms with E-state index in [2.05, 4.69) is 15.4 Å². The van der Waals surface area contributed by atoms with Gasteiger partial charge in [0.05, 0.1) is 6.04 Å². The standard InChI is InChI=1S/C13H14N4O3/c1-8(9-3-5-14-6-4-9)15-12(18)11-10(13(19)20)7-17(2)16-11/h3-8H,1-2H3,(H,15,18)(H,19,20)/t8-/m0/s1. The van der Waals surface area contributed by atoms with Gasteiger partial charge in [-0.3, -0.25) is 14.5 Å². The summed E-state index contributed by atoms with van der Waals surface area (Å²) in [6.07, 6.45) is 4.55. The second-order valence-electron chi connectivity index (χ2n) is 4.35. The number of carbonyl (C=O) groups is 2. The van der Waals surface area contributed by atoms with Crippen molar-refractivity contribution in [2.75, 3.05) is 0 Å². The topological polar surface area (TPSA) is 97.1 Å². The molecule has 2 aromatic rings. The van der Waals surface area contributed by atoms with Gasteiger partial charge in [0.15, 0.2) is 5.69 Å². The molecule has 0 aromatic carbocycles. The molecule has 0 saturated carbocycles. The molecule has 0 aliphatic carbocycles. The van der Waals surface area contributed by atoms with Crippen LogP contribution in [0.3, 0.4) is 0 Å². The molecule has 0 unspecified atom stereocenters. The molecule has 2 aromatic heterocycles. The molecule has 104 valence electrons. The highest BCUT2D eigenvalue weighted by Gasteiger charge is 2.22. The van der Waals surface area contributed by atoms with Gasteiger partial charge >= 0.3 is 5.97 Å². The van der Waals surface area contributed by atoms with E-state index in [1.807, 2.05) is 0 Å². The second-order valence-corrected chi connectivity index (χ2v) is 4.35. The summed E-state index contributed by atoms with van der Waals surface area (Å²) in [5.41, 5.74) is 0.661. The lowest BCUT2D eigenvalue weighted by atomic mass is 10.1. The fraction of sp³-hybridized carbons (Fsp3) is 0.231. The van der Waals surface area contributed by atoms with Gasteiger partial charge in [-0.15, -0.1) is 0 Å². The number of aromatic carboxylic acids is 1. The number of hydrogen-bond donors (Lipinski definition) is 2. The number of aryl methyl sites for hydroxylation is 1. The smallest absolute Gasteiger partial charge is 0.339 e. The molecule has 2 heterocycles. The van der Waals surface area contributed by atoms with Gasteiger partial charge in [0.25, 0.3) is 5.91 Å². The molecular formula is C13H14N4O3. The summed E-state index contributed by atoms with van der Waals surface area (Å²) in [6.45, 7) is 1.80. The Hall–Kier alpha value is -2.70. The summed E-state index contributed by atoms with van der Waals surface area (Å²) in [5, 5.41) is 15.6. The average Bonchev–Trinajstić information content (AvgIpc) is 2.82. The maximum atomic E-state index is 12.1. The van der Waals surface area contributed by atoms with Crippen LogP contribution in [0.4, 0.5) is 0 Å². The first-order chi connectivity index (χ1) is 9.49. The number of carboxylic acids is 1. The lowest BCUT2D eigenvalue weighted by Gasteiger charge is -2.13. The molecule has 0 spiro atoms. The van der Waals surface area contributed by atoms with Crippen molar-refractivity contribution in [3.63, 3.8) is 0 Å². The zero-order chi connectivity index (χ0) is 14.7. The van der Waals surface area contributed by atoms with Gasteiger partial charge in [-0.05, 0) is 24.6 Å². The Balaban J connectivity index is 2.19. The highest BCUT2D eigenvalue weighted by Crippen LogP contribution is 2.13. The Morgan fingerprint density at radius 2 is 2.00 bits per heavy atom. The number of amides is 1. The summed E-state index contributed by atoms with van der Waals surface area (Å²) >= 11 is 0. The second kappa shape index (κ2) is 5.52. The molecule has 0 saturated heterocycles. The molecular weight excluding hydrogens is 260 g/mol. The molecule has 7 nitrogen and oxygen atoms in total. The quantitative estimate of drug-likeness (QED) is 0.867. The zero-order valence-corrected chi connectivity index (χ0v) is 11.1. The van der Waals surface area contributed by atoms with Gasteiger partial charge in [0, 0.05) is 25.6 Å². The first-order valence-corrected chi connectivity index (χ1v) is 5.96. The highest BCUT2D eigenvalue weighted by molar-refractivity contribution is 6.03. The molecule has 2 rings (SSSR count). The predicted molar refractivity (Wildman–Crippen MR) is 70.3 cm³/mol.